The van der Waals surface area contributed by atoms with Crippen molar-refractivity contribution in [3.63, 3.8) is 0 Å². The molecule has 0 radical (unpaired) electrons. The van der Waals surface area contributed by atoms with Gasteiger partial charge in [0.1, 0.15) is 0 Å². The van der Waals surface area contributed by atoms with Gasteiger partial charge >= 0.3 is 0 Å². The largest absolute Gasteiger partial charge is 0.264 e. The van der Waals surface area contributed by atoms with Crippen LogP contribution in [-0.2, 0) is 0 Å². The fourth-order valence-corrected chi connectivity index (χ4v) is 7.86. The van der Waals surface area contributed by atoms with Crippen LogP contribution in [0.5, 0.6) is 0 Å². The number of hydrogen-bond acceptors (Lipinski definition) is 2. The van der Waals surface area contributed by atoms with Gasteiger partial charge in [-0.15, -0.1) is 0 Å². The maximum absolute atomic E-state index is 5.51. The number of rotatable bonds is 3. The smallest absolute Gasteiger partial charge is 0.0794 e. The molecule has 0 aliphatic carbocycles. The Balaban J connectivity index is 1.43. The average Bonchev–Trinajstić information content (AvgIpc) is 3.16. The van der Waals surface area contributed by atoms with Crippen LogP contribution >= 0.6 is 0 Å². The number of benzene rings is 8. The summed E-state index contributed by atoms with van der Waals surface area (Å²) in [5.74, 6) is 0. The molecule has 0 N–H and O–H groups in total. The normalized spacial score (nSPS) is 11.8. The van der Waals surface area contributed by atoms with Gasteiger partial charge in [-0.1, -0.05) is 146 Å². The topological polar surface area (TPSA) is 25.8 Å². The molecule has 2 nitrogen and oxygen atoms in total. The van der Waals surface area contributed by atoms with Gasteiger partial charge in [-0.2, -0.15) is 0 Å². The Labute approximate surface area is 277 Å². The molecule has 48 heavy (non-hydrogen) atoms. The van der Waals surface area contributed by atoms with Crippen LogP contribution in [0.4, 0.5) is 0 Å². The second-order valence-electron chi connectivity index (χ2n) is 12.5. The van der Waals surface area contributed by atoms with Crippen LogP contribution in [0.3, 0.4) is 0 Å². The number of nitrogens with zero attached hydrogens (tertiary/aromatic N) is 2. The van der Waals surface area contributed by atoms with Crippen molar-refractivity contribution < 1.29 is 0 Å². The van der Waals surface area contributed by atoms with E-state index in [0.717, 1.165) is 27.7 Å². The molecule has 10 rings (SSSR count). The van der Waals surface area contributed by atoms with E-state index in [0.29, 0.717) is 0 Å². The molecule has 2 heteroatoms. The first-order valence-electron chi connectivity index (χ1n) is 16.4. The number of aromatic nitrogens is 2. The summed E-state index contributed by atoms with van der Waals surface area (Å²) in [6.07, 6.45) is 3.82. The van der Waals surface area contributed by atoms with Crippen LogP contribution in [0.2, 0.25) is 0 Å². The molecule has 0 saturated heterocycles. The van der Waals surface area contributed by atoms with E-state index in [-0.39, 0.29) is 0 Å². The lowest BCUT2D eigenvalue weighted by Gasteiger charge is -2.21. The Kier molecular flexibility index (Phi) is 5.91. The van der Waals surface area contributed by atoms with Gasteiger partial charge < -0.3 is 0 Å². The van der Waals surface area contributed by atoms with Crippen molar-refractivity contribution in [2.45, 2.75) is 0 Å². The monoisotopic (exact) mass is 608 g/mol. The molecule has 0 atom stereocenters. The third-order valence-electron chi connectivity index (χ3n) is 9.89. The highest BCUT2D eigenvalue weighted by Gasteiger charge is 2.21. The van der Waals surface area contributed by atoms with E-state index < -0.39 is 0 Å². The Morgan fingerprint density at radius 2 is 0.958 bits per heavy atom. The Hall–Kier alpha value is -6.38. The van der Waals surface area contributed by atoms with Crippen molar-refractivity contribution in [1.82, 2.24) is 9.97 Å². The molecule has 0 fully saturated rings. The molecule has 10 aromatic rings. The lowest BCUT2D eigenvalue weighted by atomic mass is 9.83. The van der Waals surface area contributed by atoms with Crippen LogP contribution in [-0.4, -0.2) is 9.97 Å². The summed E-state index contributed by atoms with van der Waals surface area (Å²) >= 11 is 0. The summed E-state index contributed by atoms with van der Waals surface area (Å²) in [6.45, 7) is 0. The van der Waals surface area contributed by atoms with Crippen molar-refractivity contribution >= 4 is 64.8 Å². The molecule has 222 valence electrons. The van der Waals surface area contributed by atoms with Gasteiger partial charge in [-0.05, 0) is 66.5 Å². The minimum absolute atomic E-state index is 1.00. The SMILES string of the molecule is c1ccc(-c2nc3c4ccccc4ccc3c3c2cc(-c2c4ccccc4c(-c4cccnc4)c4ccccc24)c2ccccc23)cc1. The van der Waals surface area contributed by atoms with Crippen LogP contribution in [0.1, 0.15) is 0 Å². The van der Waals surface area contributed by atoms with E-state index in [1.807, 2.05) is 18.5 Å². The average molecular weight is 609 g/mol. The molecular weight excluding hydrogens is 581 g/mol. The summed E-state index contributed by atoms with van der Waals surface area (Å²) < 4.78 is 0. The van der Waals surface area contributed by atoms with Crippen molar-refractivity contribution in [2.75, 3.05) is 0 Å². The van der Waals surface area contributed by atoms with Gasteiger partial charge in [0, 0.05) is 45.1 Å². The summed E-state index contributed by atoms with van der Waals surface area (Å²) in [6, 6.07) is 56.9. The molecule has 2 heterocycles. The zero-order valence-corrected chi connectivity index (χ0v) is 26.1. The lowest BCUT2D eigenvalue weighted by molar-refractivity contribution is 1.33. The van der Waals surface area contributed by atoms with Crippen LogP contribution < -0.4 is 0 Å². The minimum atomic E-state index is 1.00. The zero-order valence-electron chi connectivity index (χ0n) is 26.1. The second-order valence-corrected chi connectivity index (χ2v) is 12.5. The predicted molar refractivity (Wildman–Crippen MR) is 203 cm³/mol. The van der Waals surface area contributed by atoms with Gasteiger partial charge in [0.15, 0.2) is 0 Å². The van der Waals surface area contributed by atoms with Crippen LogP contribution in [0.25, 0.3) is 98.3 Å². The summed E-state index contributed by atoms with van der Waals surface area (Å²) in [5, 5.41) is 13.3. The molecule has 2 aromatic heterocycles. The van der Waals surface area contributed by atoms with E-state index in [9.17, 15) is 0 Å². The molecule has 8 aromatic carbocycles. The third-order valence-corrected chi connectivity index (χ3v) is 9.89. The highest BCUT2D eigenvalue weighted by atomic mass is 14.7. The van der Waals surface area contributed by atoms with Gasteiger partial charge in [0.05, 0.1) is 11.2 Å². The van der Waals surface area contributed by atoms with E-state index in [1.54, 1.807) is 0 Å². The Morgan fingerprint density at radius 1 is 0.375 bits per heavy atom. The molecule has 0 spiro atoms. The zero-order chi connectivity index (χ0) is 31.6. The minimum Gasteiger partial charge on any atom is -0.264 e. The van der Waals surface area contributed by atoms with E-state index in [1.165, 1.54) is 70.6 Å². The van der Waals surface area contributed by atoms with Crippen LogP contribution in [0, 0.1) is 0 Å². The maximum Gasteiger partial charge on any atom is 0.0794 e. The molecule has 0 saturated carbocycles. The highest BCUT2D eigenvalue weighted by Crippen LogP contribution is 2.48. The molecule has 0 aliphatic heterocycles. The quantitative estimate of drug-likeness (QED) is 0.147. The van der Waals surface area contributed by atoms with Gasteiger partial charge in [0.2, 0.25) is 0 Å². The first kappa shape index (κ1) is 26.8. The summed E-state index contributed by atoms with van der Waals surface area (Å²) in [5.41, 5.74) is 7.94. The van der Waals surface area contributed by atoms with Gasteiger partial charge in [-0.3, -0.25) is 4.98 Å². The van der Waals surface area contributed by atoms with E-state index in [4.69, 9.17) is 4.98 Å². The van der Waals surface area contributed by atoms with Crippen molar-refractivity contribution in [3.8, 4) is 33.5 Å². The van der Waals surface area contributed by atoms with Gasteiger partial charge in [0.25, 0.3) is 0 Å². The Bertz CT molecular complexity index is 2820. The summed E-state index contributed by atoms with van der Waals surface area (Å²) in [4.78, 5) is 10.0. The lowest BCUT2D eigenvalue weighted by Crippen LogP contribution is -1.95. The number of pyridine rings is 2. The standard InChI is InChI=1S/C46H28N2/c1-2-14-30(15-3-1)45-41-27-40(33-18-6-7-19-34(33)44(41)39-25-24-29-13-4-5-17-32(29)46(39)48-45)43-37-22-10-8-20-35(37)42(31-16-12-26-47-28-31)36-21-9-11-23-38(36)43/h1-28H. The third kappa shape index (κ3) is 3.93. The first-order valence-corrected chi connectivity index (χ1v) is 16.4. The molecule has 0 bridgehead atoms. The van der Waals surface area contributed by atoms with Crippen molar-refractivity contribution in [1.29, 1.82) is 0 Å². The van der Waals surface area contributed by atoms with E-state index in [2.05, 4.69) is 157 Å². The first-order chi connectivity index (χ1) is 23.8. The molecule has 0 unspecified atom stereocenters. The summed E-state index contributed by atoms with van der Waals surface area (Å²) in [7, 11) is 0. The number of hydrogen-bond donors (Lipinski definition) is 0. The fourth-order valence-electron chi connectivity index (χ4n) is 7.86. The molecule has 0 amide bonds. The molecule has 0 aliphatic rings. The van der Waals surface area contributed by atoms with Crippen molar-refractivity contribution in [2.24, 2.45) is 0 Å². The predicted octanol–water partition coefficient (Wildman–Crippen LogP) is 12.4. The van der Waals surface area contributed by atoms with E-state index >= 15 is 0 Å². The second kappa shape index (κ2) is 10.6. The number of fused-ring (bicyclic) bond motifs is 9. The van der Waals surface area contributed by atoms with Crippen LogP contribution in [0.15, 0.2) is 170 Å². The maximum atomic E-state index is 5.51. The fraction of sp³-hybridized carbons (Fsp3) is 0. The van der Waals surface area contributed by atoms with Crippen molar-refractivity contribution in [3.05, 3.63) is 170 Å². The highest BCUT2D eigenvalue weighted by molar-refractivity contribution is 6.31. The Morgan fingerprint density at radius 3 is 1.65 bits per heavy atom. The van der Waals surface area contributed by atoms with Gasteiger partial charge in [-0.25, -0.2) is 4.98 Å². The molecular formula is C46H28N2.